The van der Waals surface area contributed by atoms with Crippen molar-refractivity contribution >= 4 is 23.6 Å². The molecular weight excluding hydrogens is 190 g/mol. The minimum Gasteiger partial charge on any atom is -0.496 e. The van der Waals surface area contributed by atoms with Crippen LogP contribution in [0.15, 0.2) is 12.1 Å². The summed E-state index contributed by atoms with van der Waals surface area (Å²) in [5.74, 6) is 0.517. The minimum absolute atomic E-state index is 0.450. The van der Waals surface area contributed by atoms with Gasteiger partial charge in [0, 0.05) is 13.1 Å². The van der Waals surface area contributed by atoms with E-state index in [1.165, 1.54) is 7.11 Å². The molecule has 0 radical (unpaired) electrons. The Hall–Kier alpha value is -1.22. The summed E-state index contributed by atoms with van der Waals surface area (Å²) in [7, 11) is 3.26. The smallest absolute Gasteiger partial charge is 0.153 e. The van der Waals surface area contributed by atoms with Gasteiger partial charge >= 0.3 is 0 Å². The summed E-state index contributed by atoms with van der Waals surface area (Å²) >= 11 is 5.86. The maximum absolute atomic E-state index is 10.6. The third-order valence-electron chi connectivity index (χ3n) is 1.72. The van der Waals surface area contributed by atoms with Crippen molar-refractivity contribution < 1.29 is 9.53 Å². The first-order valence-electron chi connectivity index (χ1n) is 3.73. The fourth-order valence-corrected chi connectivity index (χ4v) is 1.30. The molecule has 0 aromatic heterocycles. The Balaban J connectivity index is 3.26. The lowest BCUT2D eigenvalue weighted by atomic mass is 10.2. The average Bonchev–Trinajstić information content (AvgIpc) is 2.17. The number of methoxy groups -OCH3 is 1. The Kier molecular flexibility index (Phi) is 3.14. The number of hydrogen-bond donors (Lipinski definition) is 1. The van der Waals surface area contributed by atoms with Crippen LogP contribution in [0, 0.1) is 0 Å². The van der Waals surface area contributed by atoms with Gasteiger partial charge in [-0.05, 0) is 6.07 Å². The molecule has 0 aliphatic carbocycles. The van der Waals surface area contributed by atoms with E-state index in [-0.39, 0.29) is 0 Å². The maximum atomic E-state index is 10.6. The number of nitrogens with one attached hydrogen (secondary N) is 1. The summed E-state index contributed by atoms with van der Waals surface area (Å²) in [5.41, 5.74) is 1.19. The number of carbonyl (C=O) groups is 1. The van der Waals surface area contributed by atoms with Gasteiger partial charge in [-0.2, -0.15) is 0 Å². The number of rotatable bonds is 3. The zero-order valence-electron chi connectivity index (χ0n) is 7.43. The molecule has 1 aromatic carbocycles. The highest BCUT2D eigenvalue weighted by Gasteiger charge is 2.06. The van der Waals surface area contributed by atoms with Crippen LogP contribution in [0.3, 0.4) is 0 Å². The fraction of sp³-hybridized carbons (Fsp3) is 0.222. The first-order valence-corrected chi connectivity index (χ1v) is 4.11. The number of anilines is 1. The van der Waals surface area contributed by atoms with Gasteiger partial charge in [0.15, 0.2) is 6.29 Å². The zero-order chi connectivity index (χ0) is 9.84. The number of carbonyl (C=O) groups excluding carboxylic acids is 1. The lowest BCUT2D eigenvalue weighted by Gasteiger charge is -2.08. The largest absolute Gasteiger partial charge is 0.496 e. The molecule has 0 spiro atoms. The monoisotopic (exact) mass is 199 g/mol. The molecule has 0 aliphatic heterocycles. The van der Waals surface area contributed by atoms with Gasteiger partial charge in [-0.15, -0.1) is 0 Å². The molecule has 0 heterocycles. The second-order valence-corrected chi connectivity index (χ2v) is 2.85. The lowest BCUT2D eigenvalue weighted by Crippen LogP contribution is -1.95. The molecule has 1 aromatic rings. The van der Waals surface area contributed by atoms with Crippen LogP contribution >= 0.6 is 11.6 Å². The molecule has 0 atom stereocenters. The van der Waals surface area contributed by atoms with Crippen LogP contribution in [0.4, 0.5) is 5.69 Å². The number of ether oxygens (including phenoxy) is 1. The molecule has 0 unspecified atom stereocenters. The van der Waals surface area contributed by atoms with Gasteiger partial charge in [-0.25, -0.2) is 0 Å². The van der Waals surface area contributed by atoms with Crippen molar-refractivity contribution in [2.24, 2.45) is 0 Å². The Bertz CT molecular complexity index is 326. The molecular formula is C9H10ClNO2. The molecule has 3 nitrogen and oxygen atoms in total. The Labute approximate surface area is 81.7 Å². The van der Waals surface area contributed by atoms with E-state index >= 15 is 0 Å². The highest BCUT2D eigenvalue weighted by molar-refractivity contribution is 6.33. The third kappa shape index (κ3) is 1.92. The van der Waals surface area contributed by atoms with E-state index in [1.807, 2.05) is 0 Å². The average molecular weight is 200 g/mol. The molecule has 1 N–H and O–H groups in total. The van der Waals surface area contributed by atoms with Gasteiger partial charge in [-0.3, -0.25) is 4.79 Å². The van der Waals surface area contributed by atoms with Crippen molar-refractivity contribution in [1.29, 1.82) is 0 Å². The Morgan fingerprint density at radius 2 is 2.23 bits per heavy atom. The minimum atomic E-state index is 0.450. The normalized spacial score (nSPS) is 9.46. The first-order chi connectivity index (χ1) is 6.22. The van der Waals surface area contributed by atoms with E-state index in [0.717, 1.165) is 5.69 Å². The molecule has 0 fully saturated rings. The molecule has 0 bridgehead atoms. The van der Waals surface area contributed by atoms with Crippen LogP contribution in [0.25, 0.3) is 0 Å². The van der Waals surface area contributed by atoms with Gasteiger partial charge in [0.05, 0.1) is 23.4 Å². The van der Waals surface area contributed by atoms with Crippen LogP contribution in [0.1, 0.15) is 10.4 Å². The molecule has 1 rings (SSSR count). The predicted octanol–water partition coefficient (Wildman–Crippen LogP) is 2.20. The topological polar surface area (TPSA) is 38.3 Å². The van der Waals surface area contributed by atoms with Crippen LogP contribution in [-0.2, 0) is 0 Å². The highest BCUT2D eigenvalue weighted by Crippen LogP contribution is 2.29. The van der Waals surface area contributed by atoms with Crippen molar-refractivity contribution in [3.05, 3.63) is 22.7 Å². The lowest BCUT2D eigenvalue weighted by molar-refractivity contribution is 0.112. The van der Waals surface area contributed by atoms with E-state index in [2.05, 4.69) is 5.32 Å². The van der Waals surface area contributed by atoms with Crippen LogP contribution < -0.4 is 10.1 Å². The first kappa shape index (κ1) is 9.86. The number of hydrogen-bond acceptors (Lipinski definition) is 3. The van der Waals surface area contributed by atoms with Crippen LogP contribution in [-0.4, -0.2) is 20.4 Å². The summed E-state index contributed by atoms with van der Waals surface area (Å²) in [6.45, 7) is 0. The van der Waals surface area contributed by atoms with E-state index in [0.29, 0.717) is 22.6 Å². The van der Waals surface area contributed by atoms with Crippen molar-refractivity contribution in [3.63, 3.8) is 0 Å². The van der Waals surface area contributed by atoms with Gasteiger partial charge in [0.25, 0.3) is 0 Å². The number of halogens is 1. The van der Waals surface area contributed by atoms with Crippen LogP contribution in [0.2, 0.25) is 5.02 Å². The quantitative estimate of drug-likeness (QED) is 0.759. The molecule has 0 amide bonds. The molecule has 13 heavy (non-hydrogen) atoms. The third-order valence-corrected chi connectivity index (χ3v) is 2.03. The molecule has 70 valence electrons. The molecule has 0 saturated carbocycles. The summed E-state index contributed by atoms with van der Waals surface area (Å²) in [6, 6.07) is 3.26. The molecule has 0 saturated heterocycles. The summed E-state index contributed by atoms with van der Waals surface area (Å²) in [5, 5.41) is 3.40. The number of benzene rings is 1. The van der Waals surface area contributed by atoms with Crippen molar-refractivity contribution in [2.45, 2.75) is 0 Å². The summed E-state index contributed by atoms with van der Waals surface area (Å²) < 4.78 is 5.00. The fourth-order valence-electron chi connectivity index (χ4n) is 1.03. The summed E-state index contributed by atoms with van der Waals surface area (Å²) in [6.07, 6.45) is 0.712. The number of aldehydes is 1. The van der Waals surface area contributed by atoms with E-state index in [9.17, 15) is 4.79 Å². The maximum Gasteiger partial charge on any atom is 0.153 e. The SMILES string of the molecule is CNc1cc(OC)c(C=O)cc1Cl. The van der Waals surface area contributed by atoms with Gasteiger partial charge in [0.1, 0.15) is 5.75 Å². The second kappa shape index (κ2) is 4.14. The van der Waals surface area contributed by atoms with Gasteiger partial charge < -0.3 is 10.1 Å². The highest BCUT2D eigenvalue weighted by atomic mass is 35.5. The summed E-state index contributed by atoms with van der Waals surface area (Å²) in [4.78, 5) is 10.6. The van der Waals surface area contributed by atoms with Crippen LogP contribution in [0.5, 0.6) is 5.75 Å². The second-order valence-electron chi connectivity index (χ2n) is 2.44. The van der Waals surface area contributed by atoms with Crippen molar-refractivity contribution in [3.8, 4) is 5.75 Å². The molecule has 4 heteroatoms. The van der Waals surface area contributed by atoms with Gasteiger partial charge in [-0.1, -0.05) is 11.6 Å². The van der Waals surface area contributed by atoms with E-state index in [1.54, 1.807) is 19.2 Å². The Morgan fingerprint density at radius 3 is 2.69 bits per heavy atom. The zero-order valence-corrected chi connectivity index (χ0v) is 8.18. The predicted molar refractivity (Wildman–Crippen MR) is 52.9 cm³/mol. The van der Waals surface area contributed by atoms with E-state index in [4.69, 9.17) is 16.3 Å². The van der Waals surface area contributed by atoms with Crippen molar-refractivity contribution in [2.75, 3.05) is 19.5 Å². The Morgan fingerprint density at radius 1 is 1.54 bits per heavy atom. The molecule has 0 aliphatic rings. The van der Waals surface area contributed by atoms with Gasteiger partial charge in [0.2, 0.25) is 0 Å². The standard InChI is InChI=1S/C9H10ClNO2/c1-11-8-4-9(13-2)6(5-12)3-7(8)10/h3-5,11H,1-2H3. The van der Waals surface area contributed by atoms with E-state index < -0.39 is 0 Å². The van der Waals surface area contributed by atoms with Crippen molar-refractivity contribution in [1.82, 2.24) is 0 Å².